The molecule has 0 rings (SSSR count). The fraction of sp³-hybridized carbons (Fsp3) is 0.955. The van der Waals surface area contributed by atoms with E-state index in [4.69, 9.17) is 0 Å². The summed E-state index contributed by atoms with van der Waals surface area (Å²) < 4.78 is 0. The summed E-state index contributed by atoms with van der Waals surface area (Å²) >= 11 is 0. The van der Waals surface area contributed by atoms with Crippen molar-refractivity contribution in [3.8, 4) is 0 Å². The van der Waals surface area contributed by atoms with E-state index < -0.39 is 5.97 Å². The molecule has 0 N–H and O–H groups in total. The van der Waals surface area contributed by atoms with Gasteiger partial charge in [-0.05, 0) is 12.8 Å². The third-order valence-corrected chi connectivity index (χ3v) is 4.98. The minimum atomic E-state index is -0.901. The molecule has 3 heteroatoms. The van der Waals surface area contributed by atoms with Gasteiger partial charge in [-0.1, -0.05) is 122 Å². The Morgan fingerprint density at radius 2 is 0.760 bits per heavy atom. The van der Waals surface area contributed by atoms with E-state index in [1.165, 1.54) is 109 Å². The van der Waals surface area contributed by atoms with E-state index in [2.05, 4.69) is 6.92 Å². The second kappa shape index (κ2) is 25.1. The summed E-state index contributed by atoms with van der Waals surface area (Å²) in [7, 11) is 0. The average Bonchev–Trinajstić information content (AvgIpc) is 2.56. The van der Waals surface area contributed by atoms with E-state index in [0.717, 1.165) is 12.8 Å². The van der Waals surface area contributed by atoms with Crippen molar-refractivity contribution in [3.05, 3.63) is 0 Å². The minimum absolute atomic E-state index is 0. The summed E-state index contributed by atoms with van der Waals surface area (Å²) in [6, 6.07) is 0. The first-order valence-corrected chi connectivity index (χ1v) is 11.0. The summed E-state index contributed by atoms with van der Waals surface area (Å²) in [5, 5.41) is 10.3. The van der Waals surface area contributed by atoms with Crippen molar-refractivity contribution in [1.82, 2.24) is 0 Å². The molecule has 0 amide bonds. The third kappa shape index (κ3) is 27.4. The average molecular weight is 379 g/mol. The van der Waals surface area contributed by atoms with Crippen molar-refractivity contribution < 1.29 is 61.3 Å². The number of aliphatic carboxylic acids is 1. The molecule has 0 radical (unpaired) electrons. The molecule has 0 spiro atoms. The number of carbonyl (C=O) groups excluding carboxylic acids is 1. The molecular formula is C22H43KO2. The molecule has 0 aromatic heterocycles. The molecule has 0 heterocycles. The predicted octanol–water partition coefficient (Wildman–Crippen LogP) is 3.56. The van der Waals surface area contributed by atoms with Crippen molar-refractivity contribution in [2.45, 2.75) is 135 Å². The fourth-order valence-electron chi connectivity index (χ4n) is 3.35. The van der Waals surface area contributed by atoms with Crippen molar-refractivity contribution in [3.63, 3.8) is 0 Å². The van der Waals surface area contributed by atoms with Crippen molar-refractivity contribution in [2.24, 2.45) is 0 Å². The first-order valence-electron chi connectivity index (χ1n) is 11.0. The van der Waals surface area contributed by atoms with Crippen LogP contribution in [-0.4, -0.2) is 5.97 Å². The molecule has 0 aromatic carbocycles. The van der Waals surface area contributed by atoms with E-state index in [-0.39, 0.29) is 57.8 Å². The predicted molar refractivity (Wildman–Crippen MR) is 103 cm³/mol. The van der Waals surface area contributed by atoms with Crippen molar-refractivity contribution >= 4 is 5.97 Å². The summed E-state index contributed by atoms with van der Waals surface area (Å²) in [6.45, 7) is 2.28. The number of hydrogen-bond acceptors (Lipinski definition) is 2. The summed E-state index contributed by atoms with van der Waals surface area (Å²) in [5.41, 5.74) is 0. The van der Waals surface area contributed by atoms with Gasteiger partial charge < -0.3 is 9.90 Å². The number of rotatable bonds is 20. The smallest absolute Gasteiger partial charge is 0.550 e. The standard InChI is InChI=1S/C22H44O2.K/c1-2-3-4-5-6-7-8-9-10-11-12-13-14-15-16-17-18-19-20-21-22(23)24;/h2-21H2,1H3,(H,23,24);/q;+1/p-1. The SMILES string of the molecule is CCCCCCCCCCCCCCCCCCCCCC(=O)[O-].[K+]. The van der Waals surface area contributed by atoms with Gasteiger partial charge in [-0.15, -0.1) is 0 Å². The second-order valence-corrected chi connectivity index (χ2v) is 7.49. The fourth-order valence-corrected chi connectivity index (χ4v) is 3.35. The Labute approximate surface area is 200 Å². The van der Waals surface area contributed by atoms with Crippen LogP contribution in [0.15, 0.2) is 0 Å². The monoisotopic (exact) mass is 378 g/mol. The summed E-state index contributed by atoms with van der Waals surface area (Å²) in [5.74, 6) is -0.901. The first kappa shape index (κ1) is 28.3. The van der Waals surface area contributed by atoms with Crippen LogP contribution < -0.4 is 56.5 Å². The van der Waals surface area contributed by atoms with Crippen LogP contribution in [0.3, 0.4) is 0 Å². The van der Waals surface area contributed by atoms with Crippen LogP contribution in [0.2, 0.25) is 0 Å². The molecule has 0 unspecified atom stereocenters. The molecular weight excluding hydrogens is 335 g/mol. The Kier molecular flexibility index (Phi) is 28.4. The van der Waals surface area contributed by atoms with Gasteiger partial charge in [0.05, 0.1) is 0 Å². The Balaban J connectivity index is 0. The number of carboxylic acids is 1. The minimum Gasteiger partial charge on any atom is -0.550 e. The summed E-state index contributed by atoms with van der Waals surface area (Å²) in [4.78, 5) is 10.3. The van der Waals surface area contributed by atoms with Crippen molar-refractivity contribution in [1.29, 1.82) is 0 Å². The molecule has 0 fully saturated rings. The first-order chi connectivity index (χ1) is 11.8. The topological polar surface area (TPSA) is 40.1 Å². The van der Waals surface area contributed by atoms with Crippen LogP contribution in [0.4, 0.5) is 0 Å². The van der Waals surface area contributed by atoms with E-state index in [1.807, 2.05) is 0 Å². The molecule has 0 aromatic rings. The van der Waals surface area contributed by atoms with Crippen LogP contribution in [0.1, 0.15) is 135 Å². The van der Waals surface area contributed by atoms with E-state index in [1.54, 1.807) is 0 Å². The number of unbranched alkanes of at least 4 members (excludes halogenated alkanes) is 18. The number of carbonyl (C=O) groups is 1. The Hall–Kier alpha value is 1.11. The van der Waals surface area contributed by atoms with Crippen LogP contribution in [0, 0.1) is 0 Å². The quantitative estimate of drug-likeness (QED) is 0.240. The number of carboxylic acid groups (broad SMARTS) is 1. The molecule has 0 aliphatic carbocycles. The molecule has 0 bridgehead atoms. The van der Waals surface area contributed by atoms with Crippen LogP contribution in [0.5, 0.6) is 0 Å². The van der Waals surface area contributed by atoms with Gasteiger partial charge in [0.2, 0.25) is 0 Å². The van der Waals surface area contributed by atoms with Gasteiger partial charge in [0, 0.05) is 5.97 Å². The van der Waals surface area contributed by atoms with Crippen LogP contribution >= 0.6 is 0 Å². The van der Waals surface area contributed by atoms with E-state index in [9.17, 15) is 9.90 Å². The summed E-state index contributed by atoms with van der Waals surface area (Å²) in [6.07, 6.45) is 25.7. The van der Waals surface area contributed by atoms with Gasteiger partial charge in [0.25, 0.3) is 0 Å². The molecule has 0 aliphatic heterocycles. The van der Waals surface area contributed by atoms with E-state index in [0.29, 0.717) is 0 Å². The maximum Gasteiger partial charge on any atom is 1.00 e. The second-order valence-electron chi connectivity index (χ2n) is 7.49. The zero-order valence-corrected chi connectivity index (χ0v) is 20.6. The Bertz CT molecular complexity index is 256. The zero-order chi connectivity index (χ0) is 17.7. The van der Waals surface area contributed by atoms with Crippen molar-refractivity contribution in [2.75, 3.05) is 0 Å². The Morgan fingerprint density at radius 3 is 1.00 bits per heavy atom. The molecule has 0 saturated carbocycles. The van der Waals surface area contributed by atoms with Crippen LogP contribution in [-0.2, 0) is 4.79 Å². The van der Waals surface area contributed by atoms with Gasteiger partial charge in [-0.3, -0.25) is 0 Å². The maximum atomic E-state index is 10.3. The maximum absolute atomic E-state index is 10.3. The molecule has 0 aliphatic rings. The van der Waals surface area contributed by atoms with Gasteiger partial charge in [0.1, 0.15) is 0 Å². The number of hydrogen-bond donors (Lipinski definition) is 0. The third-order valence-electron chi connectivity index (χ3n) is 4.98. The van der Waals surface area contributed by atoms with E-state index >= 15 is 0 Å². The van der Waals surface area contributed by atoms with Crippen LogP contribution in [0.25, 0.3) is 0 Å². The molecule has 0 atom stereocenters. The van der Waals surface area contributed by atoms with Gasteiger partial charge in [-0.25, -0.2) is 0 Å². The van der Waals surface area contributed by atoms with Gasteiger partial charge >= 0.3 is 51.4 Å². The molecule has 25 heavy (non-hydrogen) atoms. The Morgan fingerprint density at radius 1 is 0.520 bits per heavy atom. The van der Waals surface area contributed by atoms with Gasteiger partial charge in [-0.2, -0.15) is 0 Å². The molecule has 144 valence electrons. The molecule has 0 saturated heterocycles. The van der Waals surface area contributed by atoms with Gasteiger partial charge in [0.15, 0.2) is 0 Å². The normalized spacial score (nSPS) is 10.6. The zero-order valence-electron chi connectivity index (χ0n) is 17.5. The largest absolute Gasteiger partial charge is 1.00 e. The molecule has 2 nitrogen and oxygen atoms in total.